The Bertz CT molecular complexity index is 906. The predicted molar refractivity (Wildman–Crippen MR) is 105 cm³/mol. The zero-order valence-corrected chi connectivity index (χ0v) is 17.1. The molecule has 1 aromatic heterocycles. The Morgan fingerprint density at radius 3 is 2.81 bits per heavy atom. The molecular weight excluding hydrogens is 441 g/mol. The van der Waals surface area contributed by atoms with Crippen LogP contribution in [0.3, 0.4) is 0 Å². The third-order valence-electron chi connectivity index (χ3n) is 3.62. The highest BCUT2D eigenvalue weighted by Gasteiger charge is 2.13. The molecule has 0 aliphatic rings. The molecule has 0 N–H and O–H groups in total. The molecule has 1 heterocycles. The van der Waals surface area contributed by atoms with Crippen molar-refractivity contribution in [1.82, 2.24) is 14.8 Å². The molecule has 26 heavy (non-hydrogen) atoms. The smallest absolute Gasteiger partial charge is 0.191 e. The minimum Gasteiger partial charge on any atom is -0.484 e. The fourth-order valence-corrected chi connectivity index (χ4v) is 3.99. The summed E-state index contributed by atoms with van der Waals surface area (Å²) in [6.07, 6.45) is 0. The highest BCUT2D eigenvalue weighted by Crippen LogP contribution is 2.27. The van der Waals surface area contributed by atoms with Gasteiger partial charge in [-0.25, -0.2) is 4.39 Å². The summed E-state index contributed by atoms with van der Waals surface area (Å²) in [5.41, 5.74) is 1.20. The lowest BCUT2D eigenvalue weighted by molar-refractivity contribution is 0.288. The van der Waals surface area contributed by atoms with Crippen LogP contribution in [0.1, 0.15) is 18.3 Å². The Balaban J connectivity index is 1.67. The monoisotopic (exact) mass is 455 g/mol. The second-order valence-electron chi connectivity index (χ2n) is 5.43. The first kappa shape index (κ1) is 19.2. The topological polar surface area (TPSA) is 39.9 Å². The largest absolute Gasteiger partial charge is 0.484 e. The molecule has 0 aliphatic carbocycles. The number of aromatic nitrogens is 3. The van der Waals surface area contributed by atoms with E-state index in [1.165, 1.54) is 23.8 Å². The lowest BCUT2D eigenvalue weighted by Crippen LogP contribution is -2.07. The molecule has 0 unspecified atom stereocenters. The van der Waals surface area contributed by atoms with Gasteiger partial charge in [0.25, 0.3) is 0 Å². The van der Waals surface area contributed by atoms with Crippen LogP contribution in [0.15, 0.2) is 52.1 Å². The molecular formula is C18H16BrClFN3OS. The standard InChI is InChI=1S/C18H16BrClFN3OS/c1-2-24-17(10-25-16-7-6-14(21)9-15(16)20)22-23-18(24)26-11-12-4-3-5-13(19)8-12/h3-9H,2,10-11H2,1H3. The second-order valence-corrected chi connectivity index (χ2v) is 7.69. The van der Waals surface area contributed by atoms with Crippen LogP contribution >= 0.6 is 39.3 Å². The van der Waals surface area contributed by atoms with Crippen molar-refractivity contribution < 1.29 is 9.13 Å². The molecule has 0 radical (unpaired) electrons. The van der Waals surface area contributed by atoms with E-state index in [2.05, 4.69) is 38.3 Å². The van der Waals surface area contributed by atoms with Gasteiger partial charge in [0.15, 0.2) is 11.0 Å². The zero-order chi connectivity index (χ0) is 18.5. The number of hydrogen-bond acceptors (Lipinski definition) is 4. The molecule has 0 amide bonds. The van der Waals surface area contributed by atoms with E-state index in [0.29, 0.717) is 11.6 Å². The molecule has 0 spiro atoms. The average molecular weight is 457 g/mol. The fourth-order valence-electron chi connectivity index (χ4n) is 2.36. The van der Waals surface area contributed by atoms with Gasteiger partial charge in [0.2, 0.25) is 0 Å². The number of nitrogens with zero attached hydrogens (tertiary/aromatic N) is 3. The van der Waals surface area contributed by atoms with Gasteiger partial charge in [-0.2, -0.15) is 0 Å². The molecule has 4 nitrogen and oxygen atoms in total. The van der Waals surface area contributed by atoms with Crippen molar-refractivity contribution >= 4 is 39.3 Å². The summed E-state index contributed by atoms with van der Waals surface area (Å²) in [4.78, 5) is 0. The second kappa shape index (κ2) is 8.88. The maximum atomic E-state index is 13.1. The first-order valence-corrected chi connectivity index (χ1v) is 10.1. The first-order valence-electron chi connectivity index (χ1n) is 7.94. The third kappa shape index (κ3) is 4.78. The average Bonchev–Trinajstić information content (AvgIpc) is 3.01. The van der Waals surface area contributed by atoms with Gasteiger partial charge in [-0.3, -0.25) is 0 Å². The number of thioether (sulfide) groups is 1. The molecule has 0 saturated heterocycles. The van der Waals surface area contributed by atoms with E-state index in [0.717, 1.165) is 21.9 Å². The lowest BCUT2D eigenvalue weighted by atomic mass is 10.2. The number of hydrogen-bond donors (Lipinski definition) is 0. The Kier molecular flexibility index (Phi) is 6.56. The van der Waals surface area contributed by atoms with Crippen LogP contribution in [0.25, 0.3) is 0 Å². The molecule has 0 saturated carbocycles. The zero-order valence-electron chi connectivity index (χ0n) is 14.0. The Labute approximate surface area is 168 Å². The van der Waals surface area contributed by atoms with Gasteiger partial charge in [0.05, 0.1) is 5.02 Å². The SMILES string of the molecule is CCn1c(COc2ccc(F)cc2Cl)nnc1SCc1cccc(Br)c1. The molecule has 2 aromatic carbocycles. The van der Waals surface area contributed by atoms with Gasteiger partial charge in [0, 0.05) is 16.8 Å². The molecule has 3 aromatic rings. The van der Waals surface area contributed by atoms with Crippen molar-refractivity contribution in [3.8, 4) is 5.75 Å². The Morgan fingerprint density at radius 1 is 1.23 bits per heavy atom. The van der Waals surface area contributed by atoms with Crippen LogP contribution in [0.2, 0.25) is 5.02 Å². The van der Waals surface area contributed by atoms with E-state index < -0.39 is 5.82 Å². The predicted octanol–water partition coefficient (Wildman–Crippen LogP) is 5.72. The number of ether oxygens (including phenoxy) is 1. The van der Waals surface area contributed by atoms with Crippen molar-refractivity contribution in [3.05, 3.63) is 69.2 Å². The van der Waals surface area contributed by atoms with Crippen LogP contribution in [-0.2, 0) is 18.9 Å². The molecule has 0 fully saturated rings. The summed E-state index contributed by atoms with van der Waals surface area (Å²) in [5.74, 6) is 1.51. The van der Waals surface area contributed by atoms with Crippen molar-refractivity contribution in [2.24, 2.45) is 0 Å². The third-order valence-corrected chi connectivity index (χ3v) is 5.44. The minimum atomic E-state index is -0.398. The summed E-state index contributed by atoms with van der Waals surface area (Å²) >= 11 is 11.1. The van der Waals surface area contributed by atoms with Crippen LogP contribution in [0, 0.1) is 5.82 Å². The highest BCUT2D eigenvalue weighted by atomic mass is 79.9. The Morgan fingerprint density at radius 2 is 2.08 bits per heavy atom. The van der Waals surface area contributed by atoms with E-state index >= 15 is 0 Å². The number of benzene rings is 2. The minimum absolute atomic E-state index is 0.212. The van der Waals surface area contributed by atoms with E-state index in [1.807, 2.05) is 23.6 Å². The summed E-state index contributed by atoms with van der Waals surface area (Å²) in [7, 11) is 0. The van der Waals surface area contributed by atoms with Gasteiger partial charge < -0.3 is 9.30 Å². The van der Waals surface area contributed by atoms with Crippen molar-refractivity contribution in [2.45, 2.75) is 31.0 Å². The van der Waals surface area contributed by atoms with Gasteiger partial charge in [-0.1, -0.05) is 51.4 Å². The molecule has 8 heteroatoms. The van der Waals surface area contributed by atoms with Crippen LogP contribution in [-0.4, -0.2) is 14.8 Å². The molecule has 136 valence electrons. The van der Waals surface area contributed by atoms with E-state index in [9.17, 15) is 4.39 Å². The van der Waals surface area contributed by atoms with Crippen molar-refractivity contribution in [3.63, 3.8) is 0 Å². The molecule has 3 rings (SSSR count). The maximum absolute atomic E-state index is 13.1. The van der Waals surface area contributed by atoms with Crippen LogP contribution in [0.4, 0.5) is 4.39 Å². The van der Waals surface area contributed by atoms with E-state index in [1.54, 1.807) is 11.8 Å². The van der Waals surface area contributed by atoms with Crippen molar-refractivity contribution in [2.75, 3.05) is 0 Å². The molecule has 0 bridgehead atoms. The van der Waals surface area contributed by atoms with Gasteiger partial charge in [-0.15, -0.1) is 10.2 Å². The van der Waals surface area contributed by atoms with E-state index in [-0.39, 0.29) is 11.6 Å². The van der Waals surface area contributed by atoms with Gasteiger partial charge in [0.1, 0.15) is 18.2 Å². The van der Waals surface area contributed by atoms with Crippen molar-refractivity contribution in [1.29, 1.82) is 0 Å². The number of halogens is 3. The maximum Gasteiger partial charge on any atom is 0.191 e. The van der Waals surface area contributed by atoms with E-state index in [4.69, 9.17) is 16.3 Å². The summed E-state index contributed by atoms with van der Waals surface area (Å²) in [5, 5.41) is 9.55. The summed E-state index contributed by atoms with van der Waals surface area (Å²) < 4.78 is 21.8. The normalized spacial score (nSPS) is 10.9. The first-order chi connectivity index (χ1) is 12.6. The van der Waals surface area contributed by atoms with Gasteiger partial charge >= 0.3 is 0 Å². The van der Waals surface area contributed by atoms with Crippen LogP contribution < -0.4 is 4.74 Å². The highest BCUT2D eigenvalue weighted by molar-refractivity contribution is 9.10. The van der Waals surface area contributed by atoms with Gasteiger partial charge in [-0.05, 0) is 42.8 Å². The fraction of sp³-hybridized carbons (Fsp3) is 0.222. The quantitative estimate of drug-likeness (QED) is 0.426. The summed E-state index contributed by atoms with van der Waals surface area (Å²) in [6, 6.07) is 12.2. The molecule has 0 atom stereocenters. The lowest BCUT2D eigenvalue weighted by Gasteiger charge is -2.10. The molecule has 0 aliphatic heterocycles. The summed E-state index contributed by atoms with van der Waals surface area (Å²) in [6.45, 7) is 2.97. The Hall–Kier alpha value is -1.57. The van der Waals surface area contributed by atoms with Crippen LogP contribution in [0.5, 0.6) is 5.75 Å². The number of rotatable bonds is 7.